The molecule has 2 aromatic heterocycles. The van der Waals surface area contributed by atoms with Crippen molar-refractivity contribution in [2.45, 2.75) is 26.2 Å². The fraction of sp³-hybridized carbons (Fsp3) is 0.211. The van der Waals surface area contributed by atoms with E-state index < -0.39 is 0 Å². The highest BCUT2D eigenvalue weighted by molar-refractivity contribution is 6.04. The number of pyridine rings is 1. The maximum atomic E-state index is 12.7. The molecule has 1 N–H and O–H groups in total. The van der Waals surface area contributed by atoms with Crippen LogP contribution in [0.1, 0.15) is 33.7 Å². The van der Waals surface area contributed by atoms with Gasteiger partial charge in [-0.3, -0.25) is 4.79 Å². The lowest BCUT2D eigenvalue weighted by Gasteiger charge is -2.06. The smallest absolute Gasteiger partial charge is 0.277 e. The number of rotatable bonds is 3. The molecule has 0 radical (unpaired) electrons. The second kappa shape index (κ2) is 5.92. The summed E-state index contributed by atoms with van der Waals surface area (Å²) in [6.07, 6.45) is 4.58. The summed E-state index contributed by atoms with van der Waals surface area (Å²) in [6.45, 7) is 1.93. The highest BCUT2D eigenvalue weighted by atomic mass is 16.2. The van der Waals surface area contributed by atoms with Crippen LogP contribution in [0.25, 0.3) is 5.69 Å². The fourth-order valence-electron chi connectivity index (χ4n) is 3.19. The zero-order valence-corrected chi connectivity index (χ0v) is 13.5. The van der Waals surface area contributed by atoms with Gasteiger partial charge < -0.3 is 5.32 Å². The molecule has 0 fully saturated rings. The molecule has 0 atom stereocenters. The third-order valence-corrected chi connectivity index (χ3v) is 4.39. The van der Waals surface area contributed by atoms with Crippen molar-refractivity contribution < 1.29 is 4.79 Å². The van der Waals surface area contributed by atoms with Crippen LogP contribution in [0.3, 0.4) is 0 Å². The number of nitrogens with one attached hydrogen (secondary N) is 1. The van der Waals surface area contributed by atoms with Gasteiger partial charge in [-0.2, -0.15) is 5.10 Å². The van der Waals surface area contributed by atoms with Crippen LogP contribution in [0.5, 0.6) is 0 Å². The van der Waals surface area contributed by atoms with Crippen LogP contribution in [0.4, 0.5) is 5.82 Å². The molecule has 4 rings (SSSR count). The minimum atomic E-state index is -0.190. The summed E-state index contributed by atoms with van der Waals surface area (Å²) in [5.74, 6) is 0.396. The van der Waals surface area contributed by atoms with E-state index in [2.05, 4.69) is 15.4 Å². The molecule has 1 amide bonds. The van der Waals surface area contributed by atoms with Gasteiger partial charge in [-0.1, -0.05) is 24.3 Å². The first kappa shape index (κ1) is 14.6. The number of hydrogen-bond donors (Lipinski definition) is 1. The van der Waals surface area contributed by atoms with Crippen LogP contribution >= 0.6 is 0 Å². The summed E-state index contributed by atoms with van der Waals surface area (Å²) in [5, 5.41) is 7.50. The first-order valence-corrected chi connectivity index (χ1v) is 8.13. The summed E-state index contributed by atoms with van der Waals surface area (Å²) in [6, 6.07) is 13.7. The minimum absolute atomic E-state index is 0.190. The Morgan fingerprint density at radius 3 is 2.75 bits per heavy atom. The molecule has 0 saturated carbocycles. The van der Waals surface area contributed by atoms with Gasteiger partial charge in [-0.25, -0.2) is 9.67 Å². The topological polar surface area (TPSA) is 59.8 Å². The Bertz CT molecular complexity index is 899. The van der Waals surface area contributed by atoms with Gasteiger partial charge in [0.25, 0.3) is 5.91 Å². The van der Waals surface area contributed by atoms with Gasteiger partial charge in [0.05, 0.1) is 5.69 Å². The number of para-hydroxylation sites is 1. The molecule has 0 unspecified atom stereocenters. The van der Waals surface area contributed by atoms with Crippen molar-refractivity contribution in [2.75, 3.05) is 5.32 Å². The van der Waals surface area contributed by atoms with Crippen LogP contribution in [-0.2, 0) is 12.8 Å². The Labute approximate surface area is 140 Å². The van der Waals surface area contributed by atoms with E-state index in [1.807, 2.05) is 54.1 Å². The van der Waals surface area contributed by atoms with E-state index in [0.717, 1.165) is 41.8 Å². The number of anilines is 1. The quantitative estimate of drug-likeness (QED) is 0.806. The summed E-state index contributed by atoms with van der Waals surface area (Å²) in [5.41, 5.74) is 4.64. The Morgan fingerprint density at radius 1 is 1.12 bits per heavy atom. The van der Waals surface area contributed by atoms with E-state index in [1.165, 1.54) is 0 Å². The number of fused-ring (bicyclic) bond motifs is 1. The summed E-state index contributed by atoms with van der Waals surface area (Å²) in [4.78, 5) is 17.0. The molecule has 0 saturated heterocycles. The van der Waals surface area contributed by atoms with Crippen LogP contribution in [0.15, 0.2) is 48.7 Å². The molecular formula is C19H18N4O. The number of carbonyl (C=O) groups excluding carboxylic acids is 1. The molecule has 0 spiro atoms. The van der Waals surface area contributed by atoms with Crippen LogP contribution in [0.2, 0.25) is 0 Å². The molecule has 5 heteroatoms. The second-order valence-corrected chi connectivity index (χ2v) is 6.00. The predicted molar refractivity (Wildman–Crippen MR) is 92.5 cm³/mol. The first-order valence-electron chi connectivity index (χ1n) is 8.13. The summed E-state index contributed by atoms with van der Waals surface area (Å²) < 4.78 is 1.91. The normalized spacial score (nSPS) is 12.9. The third-order valence-electron chi connectivity index (χ3n) is 4.39. The van der Waals surface area contributed by atoms with Gasteiger partial charge >= 0.3 is 0 Å². The number of carbonyl (C=O) groups is 1. The fourth-order valence-corrected chi connectivity index (χ4v) is 3.19. The standard InChI is InChI=1S/C19H18N4O/c1-13-7-6-12-20-18(13)21-19(24)17-15-10-5-11-16(15)23(22-17)14-8-3-2-4-9-14/h2-4,6-9,12H,5,10-11H2,1H3,(H,20,21,24). The SMILES string of the molecule is Cc1cccnc1NC(=O)c1nn(-c2ccccc2)c2c1CCC2. The molecule has 3 aromatic rings. The van der Waals surface area contributed by atoms with Crippen molar-refractivity contribution in [1.82, 2.24) is 14.8 Å². The van der Waals surface area contributed by atoms with E-state index in [9.17, 15) is 4.79 Å². The second-order valence-electron chi connectivity index (χ2n) is 6.00. The van der Waals surface area contributed by atoms with Crippen molar-refractivity contribution in [3.8, 4) is 5.69 Å². The molecule has 1 aromatic carbocycles. The zero-order valence-electron chi connectivity index (χ0n) is 13.5. The highest BCUT2D eigenvalue weighted by Crippen LogP contribution is 2.28. The van der Waals surface area contributed by atoms with Crippen LogP contribution in [0, 0.1) is 6.92 Å². The Kier molecular flexibility index (Phi) is 3.61. The summed E-state index contributed by atoms with van der Waals surface area (Å²) in [7, 11) is 0. The number of aromatic nitrogens is 3. The van der Waals surface area contributed by atoms with Gasteiger partial charge in [0.15, 0.2) is 5.69 Å². The third kappa shape index (κ3) is 2.48. The number of benzene rings is 1. The van der Waals surface area contributed by atoms with E-state index in [1.54, 1.807) is 6.20 Å². The average Bonchev–Trinajstić information content (AvgIpc) is 3.20. The van der Waals surface area contributed by atoms with Gasteiger partial charge in [0.2, 0.25) is 0 Å². The zero-order chi connectivity index (χ0) is 16.5. The van der Waals surface area contributed by atoms with Crippen molar-refractivity contribution in [1.29, 1.82) is 0 Å². The molecule has 0 bridgehead atoms. The van der Waals surface area contributed by atoms with Gasteiger partial charge in [-0.15, -0.1) is 0 Å². The molecule has 2 heterocycles. The van der Waals surface area contributed by atoms with E-state index in [4.69, 9.17) is 0 Å². The van der Waals surface area contributed by atoms with Crippen LogP contribution in [-0.4, -0.2) is 20.7 Å². The minimum Gasteiger partial charge on any atom is -0.305 e. The molecule has 5 nitrogen and oxygen atoms in total. The molecule has 1 aliphatic rings. The van der Waals surface area contributed by atoms with Gasteiger partial charge in [0, 0.05) is 17.5 Å². The predicted octanol–water partition coefficient (Wildman–Crippen LogP) is 3.32. The Balaban J connectivity index is 1.72. The number of hydrogen-bond acceptors (Lipinski definition) is 3. The van der Waals surface area contributed by atoms with E-state index >= 15 is 0 Å². The van der Waals surface area contributed by atoms with E-state index in [-0.39, 0.29) is 5.91 Å². The average molecular weight is 318 g/mol. The van der Waals surface area contributed by atoms with Crippen molar-refractivity contribution >= 4 is 11.7 Å². The highest BCUT2D eigenvalue weighted by Gasteiger charge is 2.27. The van der Waals surface area contributed by atoms with Crippen LogP contribution < -0.4 is 5.32 Å². The first-order chi connectivity index (χ1) is 11.7. The number of aryl methyl sites for hydroxylation is 1. The molecule has 1 aliphatic carbocycles. The Morgan fingerprint density at radius 2 is 1.96 bits per heavy atom. The number of amides is 1. The Hall–Kier alpha value is -2.95. The lowest BCUT2D eigenvalue weighted by atomic mass is 10.2. The van der Waals surface area contributed by atoms with Crippen molar-refractivity contribution in [3.63, 3.8) is 0 Å². The largest absolute Gasteiger partial charge is 0.305 e. The monoisotopic (exact) mass is 318 g/mol. The lowest BCUT2D eigenvalue weighted by molar-refractivity contribution is 0.102. The summed E-state index contributed by atoms with van der Waals surface area (Å²) >= 11 is 0. The number of nitrogens with zero attached hydrogens (tertiary/aromatic N) is 3. The van der Waals surface area contributed by atoms with Crippen molar-refractivity contribution in [2.24, 2.45) is 0 Å². The molecule has 0 aliphatic heterocycles. The lowest BCUT2D eigenvalue weighted by Crippen LogP contribution is -2.16. The molecule has 24 heavy (non-hydrogen) atoms. The molecule has 120 valence electrons. The van der Waals surface area contributed by atoms with Crippen molar-refractivity contribution in [3.05, 3.63) is 71.2 Å². The van der Waals surface area contributed by atoms with Gasteiger partial charge in [0.1, 0.15) is 5.82 Å². The van der Waals surface area contributed by atoms with Gasteiger partial charge in [-0.05, 0) is 49.9 Å². The maximum Gasteiger partial charge on any atom is 0.277 e. The van der Waals surface area contributed by atoms with E-state index in [0.29, 0.717) is 11.5 Å². The maximum absolute atomic E-state index is 12.7. The molecular weight excluding hydrogens is 300 g/mol.